The van der Waals surface area contributed by atoms with Gasteiger partial charge < -0.3 is 9.41 Å². The molecule has 0 spiro atoms. The minimum Gasteiger partial charge on any atom is -1.00 e. The predicted molar refractivity (Wildman–Crippen MR) is 24.4 cm³/mol. The molecule has 0 aromatic carbocycles. The largest absolute Gasteiger partial charge is 2.00 e. The summed E-state index contributed by atoms with van der Waals surface area (Å²) >= 11 is 0. The zero-order valence-electron chi connectivity index (χ0n) is 3.39. The zero-order valence-corrected chi connectivity index (χ0v) is 6.22. The fourth-order valence-electron chi connectivity index (χ4n) is 0. The van der Waals surface area contributed by atoms with E-state index in [1.165, 1.54) is 0 Å². The minimum absolute atomic E-state index is 0. The normalized spacial score (nSPS) is 0. The van der Waals surface area contributed by atoms with Gasteiger partial charge in [-0.15, -0.1) is 0 Å². The standard InChI is InChI=1S/5FH.Mg.H3P/h5*1H;;1H3/q;;;;;+2;/p-2. The van der Waals surface area contributed by atoms with E-state index in [-0.39, 0.29) is 56.5 Å². The quantitative estimate of drug-likeness (QED) is 0.186. The van der Waals surface area contributed by atoms with Crippen LogP contribution in [0.1, 0.15) is 0 Å². The SMILES string of the molecule is F.F.F.P.[F-].[F-].[Mg+2]. The van der Waals surface area contributed by atoms with Gasteiger partial charge in [-0.25, -0.2) is 0 Å². The van der Waals surface area contributed by atoms with Crippen LogP contribution in [0, 0.1) is 0 Å². The maximum absolute atomic E-state index is 0. The Morgan fingerprint density at radius 3 is 0.571 bits per heavy atom. The van der Waals surface area contributed by atoms with Crippen LogP contribution >= 0.6 is 9.90 Å². The molecule has 0 bridgehead atoms. The zero-order chi connectivity index (χ0) is 0. The number of rotatable bonds is 0. The third kappa shape index (κ3) is 225. The second kappa shape index (κ2) is 327. The predicted octanol–water partition coefficient (Wildman–Crippen LogP) is -5.86. The molecule has 0 saturated carbocycles. The molecule has 0 aliphatic rings. The van der Waals surface area contributed by atoms with Gasteiger partial charge in [-0.2, -0.15) is 9.90 Å². The topological polar surface area (TPSA) is 0 Å². The molecular formula is H6F5MgP. The molecule has 0 saturated heterocycles. The second-order valence-electron chi connectivity index (χ2n) is 0. The Kier molecular flexibility index (Phi) is 24000. The van der Waals surface area contributed by atoms with Crippen molar-refractivity contribution in [2.24, 2.45) is 0 Å². The Balaban J connectivity index is 0. The third-order valence-electron chi connectivity index (χ3n) is 0. The second-order valence-corrected chi connectivity index (χ2v) is 0. The molecular weight excluding hydrogens is 150 g/mol. The van der Waals surface area contributed by atoms with Crippen LogP contribution in [0.15, 0.2) is 0 Å². The molecule has 0 heterocycles. The van der Waals surface area contributed by atoms with Crippen molar-refractivity contribution in [3.8, 4) is 0 Å². The molecule has 0 aliphatic carbocycles. The molecule has 48 valence electrons. The fourth-order valence-corrected chi connectivity index (χ4v) is 0. The minimum atomic E-state index is 0. The van der Waals surface area contributed by atoms with Crippen LogP contribution < -0.4 is 9.41 Å². The summed E-state index contributed by atoms with van der Waals surface area (Å²) in [6, 6.07) is 0. The van der Waals surface area contributed by atoms with Crippen LogP contribution in [0.4, 0.5) is 14.1 Å². The summed E-state index contributed by atoms with van der Waals surface area (Å²) in [6.45, 7) is 0. The Morgan fingerprint density at radius 1 is 0.571 bits per heavy atom. The summed E-state index contributed by atoms with van der Waals surface area (Å²) in [5.41, 5.74) is 0. The van der Waals surface area contributed by atoms with Crippen LogP contribution in [0.2, 0.25) is 0 Å². The molecule has 1 atom stereocenters. The van der Waals surface area contributed by atoms with Gasteiger partial charge in [0, 0.05) is 0 Å². The maximum Gasteiger partial charge on any atom is 2.00 e. The molecule has 0 N–H and O–H groups in total. The maximum atomic E-state index is 0. The van der Waals surface area contributed by atoms with E-state index in [0.29, 0.717) is 0 Å². The Morgan fingerprint density at radius 2 is 0.571 bits per heavy atom. The third-order valence-corrected chi connectivity index (χ3v) is 0. The van der Waals surface area contributed by atoms with Crippen molar-refractivity contribution in [3.05, 3.63) is 0 Å². The molecule has 0 radical (unpaired) electrons. The van der Waals surface area contributed by atoms with E-state index in [0.717, 1.165) is 0 Å². The van der Waals surface area contributed by atoms with Crippen LogP contribution in [0.3, 0.4) is 0 Å². The van der Waals surface area contributed by atoms with Crippen LogP contribution in [0.25, 0.3) is 0 Å². The molecule has 7 heteroatoms. The van der Waals surface area contributed by atoms with Crippen molar-refractivity contribution >= 4 is 33.0 Å². The summed E-state index contributed by atoms with van der Waals surface area (Å²) in [7, 11) is 0. The van der Waals surface area contributed by atoms with Gasteiger partial charge in [0.15, 0.2) is 0 Å². The van der Waals surface area contributed by atoms with E-state index >= 15 is 0 Å². The van der Waals surface area contributed by atoms with Gasteiger partial charge in [0.2, 0.25) is 0 Å². The van der Waals surface area contributed by atoms with E-state index in [9.17, 15) is 0 Å². The van der Waals surface area contributed by atoms with Gasteiger partial charge >= 0.3 is 23.1 Å². The molecule has 0 amide bonds. The van der Waals surface area contributed by atoms with E-state index in [1.54, 1.807) is 0 Å². The number of hydrogen-bond acceptors (Lipinski definition) is 0. The van der Waals surface area contributed by atoms with Crippen molar-refractivity contribution < 1.29 is 23.5 Å². The molecule has 1 unspecified atom stereocenters. The first kappa shape index (κ1) is 514. The van der Waals surface area contributed by atoms with E-state index in [2.05, 4.69) is 0 Å². The Hall–Kier alpha value is 0.846. The van der Waals surface area contributed by atoms with Crippen LogP contribution in [-0.4, -0.2) is 23.1 Å². The van der Waals surface area contributed by atoms with Crippen LogP contribution in [-0.2, 0) is 0 Å². The first-order valence-corrected chi connectivity index (χ1v) is 0. The van der Waals surface area contributed by atoms with Crippen molar-refractivity contribution in [1.29, 1.82) is 0 Å². The van der Waals surface area contributed by atoms with E-state index < -0.39 is 0 Å². The van der Waals surface area contributed by atoms with Crippen molar-refractivity contribution in [2.45, 2.75) is 0 Å². The van der Waals surface area contributed by atoms with E-state index in [1.807, 2.05) is 0 Å². The average molecular weight is 156 g/mol. The molecule has 0 nitrogen and oxygen atoms in total. The first-order chi connectivity index (χ1) is 0. The summed E-state index contributed by atoms with van der Waals surface area (Å²) in [5.74, 6) is 0. The van der Waals surface area contributed by atoms with Gasteiger partial charge in [-0.3, -0.25) is 14.1 Å². The first-order valence-electron chi connectivity index (χ1n) is 0. The monoisotopic (exact) mass is 156 g/mol. The van der Waals surface area contributed by atoms with Gasteiger partial charge in [-0.05, 0) is 0 Å². The van der Waals surface area contributed by atoms with Crippen molar-refractivity contribution in [1.82, 2.24) is 0 Å². The molecule has 0 fully saturated rings. The smallest absolute Gasteiger partial charge is 1.00 e. The molecule has 0 aromatic rings. The average Bonchev–Trinajstić information content (AvgIpc) is 0. The van der Waals surface area contributed by atoms with Crippen LogP contribution in [0.5, 0.6) is 0 Å². The number of hydrogen-bond donors (Lipinski definition) is 0. The summed E-state index contributed by atoms with van der Waals surface area (Å²) < 4.78 is 0. The van der Waals surface area contributed by atoms with Crippen molar-refractivity contribution in [2.75, 3.05) is 0 Å². The summed E-state index contributed by atoms with van der Waals surface area (Å²) in [4.78, 5) is 0. The van der Waals surface area contributed by atoms with E-state index in [4.69, 9.17) is 0 Å². The summed E-state index contributed by atoms with van der Waals surface area (Å²) in [5, 5.41) is 0. The molecule has 0 aromatic heterocycles. The Labute approximate surface area is 57.0 Å². The van der Waals surface area contributed by atoms with Gasteiger partial charge in [-0.1, -0.05) is 0 Å². The van der Waals surface area contributed by atoms with Crippen molar-refractivity contribution in [3.63, 3.8) is 0 Å². The van der Waals surface area contributed by atoms with Gasteiger partial charge in [0.25, 0.3) is 0 Å². The fraction of sp³-hybridized carbons (Fsp3) is 0. The number of halogens is 5. The molecule has 7 heavy (non-hydrogen) atoms. The molecule has 0 rings (SSSR count). The van der Waals surface area contributed by atoms with Gasteiger partial charge in [0.05, 0.1) is 0 Å². The Bertz CT molecular complexity index is 8.04. The van der Waals surface area contributed by atoms with Gasteiger partial charge in [0.1, 0.15) is 0 Å². The molecule has 0 aliphatic heterocycles. The summed E-state index contributed by atoms with van der Waals surface area (Å²) in [6.07, 6.45) is 0.